The van der Waals surface area contributed by atoms with Gasteiger partial charge in [-0.3, -0.25) is 0 Å². The third kappa shape index (κ3) is 3.29. The van der Waals surface area contributed by atoms with Crippen LogP contribution >= 0.6 is 12.2 Å². The summed E-state index contributed by atoms with van der Waals surface area (Å²) in [6.45, 7) is 6.45. The Kier molecular flexibility index (Phi) is 4.97. The first-order chi connectivity index (χ1) is 9.50. The molecule has 20 heavy (non-hydrogen) atoms. The number of hydrogen-bond donors (Lipinski definition) is 1. The fourth-order valence-electron chi connectivity index (χ4n) is 3.05. The van der Waals surface area contributed by atoms with Gasteiger partial charge in [0.25, 0.3) is 0 Å². The minimum Gasteiger partial charge on any atom is -0.389 e. The van der Waals surface area contributed by atoms with Crippen molar-refractivity contribution in [3.8, 4) is 0 Å². The Bertz CT molecular complexity index is 487. The van der Waals surface area contributed by atoms with Crippen LogP contribution in [0.25, 0.3) is 0 Å². The molecular formula is C16H23FN2S. The highest BCUT2D eigenvalue weighted by atomic mass is 32.1. The molecule has 0 spiro atoms. The summed E-state index contributed by atoms with van der Waals surface area (Å²) < 4.78 is 14.0. The Morgan fingerprint density at radius 2 is 2.10 bits per heavy atom. The van der Waals surface area contributed by atoms with Crippen LogP contribution in [-0.2, 0) is 0 Å². The van der Waals surface area contributed by atoms with E-state index in [2.05, 4.69) is 18.7 Å². The van der Waals surface area contributed by atoms with Crippen molar-refractivity contribution in [2.24, 2.45) is 17.6 Å². The summed E-state index contributed by atoms with van der Waals surface area (Å²) in [4.78, 5) is 2.38. The molecule has 1 aromatic carbocycles. The molecule has 0 amide bonds. The van der Waals surface area contributed by atoms with Crippen LogP contribution in [0.2, 0.25) is 0 Å². The zero-order valence-corrected chi connectivity index (χ0v) is 13.0. The van der Waals surface area contributed by atoms with Crippen LogP contribution in [0.4, 0.5) is 10.1 Å². The molecule has 0 radical (unpaired) electrons. The number of nitrogens with two attached hydrogens (primary N) is 1. The Hall–Kier alpha value is -1.16. The van der Waals surface area contributed by atoms with Crippen molar-refractivity contribution in [2.45, 2.75) is 33.1 Å². The highest BCUT2D eigenvalue weighted by molar-refractivity contribution is 7.80. The van der Waals surface area contributed by atoms with Gasteiger partial charge in [0.05, 0.1) is 5.56 Å². The molecule has 0 aliphatic carbocycles. The lowest BCUT2D eigenvalue weighted by Gasteiger charge is -2.26. The predicted molar refractivity (Wildman–Crippen MR) is 86.7 cm³/mol. The van der Waals surface area contributed by atoms with E-state index < -0.39 is 0 Å². The smallest absolute Gasteiger partial charge is 0.135 e. The van der Waals surface area contributed by atoms with E-state index in [1.54, 1.807) is 6.07 Å². The largest absolute Gasteiger partial charge is 0.389 e. The molecule has 0 aromatic heterocycles. The zero-order chi connectivity index (χ0) is 14.7. The molecule has 1 atom stereocenters. The Morgan fingerprint density at radius 1 is 1.35 bits per heavy atom. The zero-order valence-electron chi connectivity index (χ0n) is 12.2. The van der Waals surface area contributed by atoms with E-state index in [1.165, 1.54) is 12.5 Å². The quantitative estimate of drug-likeness (QED) is 0.862. The van der Waals surface area contributed by atoms with Crippen molar-refractivity contribution < 1.29 is 4.39 Å². The molecule has 1 unspecified atom stereocenters. The van der Waals surface area contributed by atoms with Crippen molar-refractivity contribution in [3.05, 3.63) is 29.6 Å². The lowest BCUT2D eigenvalue weighted by Crippen LogP contribution is -2.28. The molecule has 1 aliphatic heterocycles. The lowest BCUT2D eigenvalue weighted by atomic mass is 9.89. The molecule has 1 heterocycles. The van der Waals surface area contributed by atoms with Crippen molar-refractivity contribution in [1.82, 2.24) is 0 Å². The maximum atomic E-state index is 14.0. The van der Waals surface area contributed by atoms with Crippen molar-refractivity contribution >= 4 is 22.9 Å². The van der Waals surface area contributed by atoms with E-state index in [0.29, 0.717) is 11.5 Å². The summed E-state index contributed by atoms with van der Waals surface area (Å²) in [7, 11) is 0. The molecule has 110 valence electrons. The second-order valence-electron chi connectivity index (χ2n) is 5.92. The van der Waals surface area contributed by atoms with Crippen molar-refractivity contribution in [3.63, 3.8) is 0 Å². The summed E-state index contributed by atoms with van der Waals surface area (Å²) in [5.74, 6) is 1.14. The second-order valence-corrected chi connectivity index (χ2v) is 6.36. The topological polar surface area (TPSA) is 29.3 Å². The Morgan fingerprint density at radius 3 is 2.75 bits per heavy atom. The molecule has 1 aromatic rings. The first kappa shape index (κ1) is 15.2. The summed E-state index contributed by atoms with van der Waals surface area (Å²) >= 11 is 5.02. The van der Waals surface area contributed by atoms with Gasteiger partial charge in [0.1, 0.15) is 10.8 Å². The standard InChI is InChI=1S/C16H23FN2S/c1-11(2)12-5-4-9-19(10-8-12)14-7-3-6-13(17)15(14)16(18)20/h3,6-7,11-12H,4-5,8-10H2,1-2H3,(H2,18,20). The molecular weight excluding hydrogens is 271 g/mol. The van der Waals surface area contributed by atoms with Crippen LogP contribution in [0.1, 0.15) is 38.7 Å². The average Bonchev–Trinajstić information content (AvgIpc) is 2.63. The van der Waals surface area contributed by atoms with Gasteiger partial charge in [-0.15, -0.1) is 0 Å². The molecule has 2 rings (SSSR count). The van der Waals surface area contributed by atoms with Crippen LogP contribution in [0.15, 0.2) is 18.2 Å². The third-order valence-electron chi connectivity index (χ3n) is 4.29. The summed E-state index contributed by atoms with van der Waals surface area (Å²) in [6.07, 6.45) is 3.52. The maximum Gasteiger partial charge on any atom is 0.135 e. The monoisotopic (exact) mass is 294 g/mol. The van der Waals surface area contributed by atoms with E-state index in [9.17, 15) is 4.39 Å². The number of benzene rings is 1. The average molecular weight is 294 g/mol. The number of halogens is 1. The normalized spacial score (nSPS) is 20.0. The van der Waals surface area contributed by atoms with E-state index in [4.69, 9.17) is 18.0 Å². The Labute approximate surface area is 126 Å². The minimum absolute atomic E-state index is 0.141. The predicted octanol–water partition coefficient (Wildman–Crippen LogP) is 3.72. The summed E-state index contributed by atoms with van der Waals surface area (Å²) in [6, 6.07) is 5.08. The molecule has 1 aliphatic rings. The van der Waals surface area contributed by atoms with Crippen molar-refractivity contribution in [2.75, 3.05) is 18.0 Å². The van der Waals surface area contributed by atoms with Gasteiger partial charge in [0, 0.05) is 18.8 Å². The van der Waals surface area contributed by atoms with Gasteiger partial charge in [0.15, 0.2) is 0 Å². The van der Waals surface area contributed by atoms with E-state index in [0.717, 1.165) is 37.5 Å². The number of rotatable bonds is 3. The molecule has 1 fully saturated rings. The summed E-state index contributed by atoms with van der Waals surface area (Å²) in [5, 5.41) is 0. The second kappa shape index (κ2) is 6.53. The summed E-state index contributed by atoms with van der Waals surface area (Å²) in [5.41, 5.74) is 6.94. The third-order valence-corrected chi connectivity index (χ3v) is 4.50. The maximum absolute atomic E-state index is 14.0. The van der Waals surface area contributed by atoms with E-state index in [-0.39, 0.29) is 10.8 Å². The molecule has 2 N–H and O–H groups in total. The van der Waals surface area contributed by atoms with Gasteiger partial charge < -0.3 is 10.6 Å². The minimum atomic E-state index is -0.320. The van der Waals surface area contributed by atoms with Gasteiger partial charge in [0.2, 0.25) is 0 Å². The fraction of sp³-hybridized carbons (Fsp3) is 0.562. The van der Waals surface area contributed by atoms with Crippen LogP contribution in [-0.4, -0.2) is 18.1 Å². The Balaban J connectivity index is 2.24. The molecule has 0 saturated carbocycles. The SMILES string of the molecule is CC(C)C1CCCN(c2cccc(F)c2C(N)=S)CC1. The highest BCUT2D eigenvalue weighted by Crippen LogP contribution is 2.30. The molecule has 0 bridgehead atoms. The van der Waals surface area contributed by atoms with Crippen LogP contribution in [0.5, 0.6) is 0 Å². The van der Waals surface area contributed by atoms with E-state index >= 15 is 0 Å². The molecule has 2 nitrogen and oxygen atoms in total. The number of anilines is 1. The van der Waals surface area contributed by atoms with Crippen LogP contribution < -0.4 is 10.6 Å². The van der Waals surface area contributed by atoms with Gasteiger partial charge in [-0.1, -0.05) is 32.1 Å². The van der Waals surface area contributed by atoms with Gasteiger partial charge in [-0.2, -0.15) is 0 Å². The van der Waals surface area contributed by atoms with Crippen LogP contribution in [0, 0.1) is 17.7 Å². The van der Waals surface area contributed by atoms with Gasteiger partial charge in [-0.05, 0) is 43.2 Å². The molecule has 1 saturated heterocycles. The number of nitrogens with zero attached hydrogens (tertiary/aromatic N) is 1. The van der Waals surface area contributed by atoms with Gasteiger partial charge >= 0.3 is 0 Å². The fourth-order valence-corrected chi connectivity index (χ4v) is 3.25. The number of thiocarbonyl (C=S) groups is 1. The van der Waals surface area contributed by atoms with Crippen molar-refractivity contribution in [1.29, 1.82) is 0 Å². The lowest BCUT2D eigenvalue weighted by molar-refractivity contribution is 0.351. The van der Waals surface area contributed by atoms with E-state index in [1.807, 2.05) is 6.07 Å². The van der Waals surface area contributed by atoms with Gasteiger partial charge in [-0.25, -0.2) is 4.39 Å². The van der Waals surface area contributed by atoms with Crippen LogP contribution in [0.3, 0.4) is 0 Å². The first-order valence-electron chi connectivity index (χ1n) is 7.34. The highest BCUT2D eigenvalue weighted by Gasteiger charge is 2.22. The molecule has 4 heteroatoms. The first-order valence-corrected chi connectivity index (χ1v) is 7.74. The number of hydrogen-bond acceptors (Lipinski definition) is 2.